The zero-order valence-corrected chi connectivity index (χ0v) is 17.5. The molecular weight excluding hydrogens is 364 g/mol. The highest BCUT2D eigenvalue weighted by Crippen LogP contribution is 2.52. The molecule has 0 aliphatic carbocycles. The summed E-state index contributed by atoms with van der Waals surface area (Å²) in [5, 5.41) is 3.25. The number of ether oxygens (including phenoxy) is 2. The van der Waals surface area contributed by atoms with Crippen LogP contribution in [0.5, 0.6) is 11.5 Å². The topological polar surface area (TPSA) is 50.8 Å². The van der Waals surface area contributed by atoms with Gasteiger partial charge in [0, 0.05) is 11.1 Å². The molecular formula is C24H28N2O3. The molecule has 1 saturated heterocycles. The maximum absolute atomic E-state index is 12.4. The lowest BCUT2D eigenvalue weighted by atomic mass is 9.75. The number of carbonyl (C=O) groups excluding carboxylic acids is 1. The first kappa shape index (κ1) is 19.4. The van der Waals surface area contributed by atoms with Gasteiger partial charge in [-0.05, 0) is 41.8 Å². The first-order valence-corrected chi connectivity index (χ1v) is 10.1. The Kier molecular flexibility index (Phi) is 4.77. The summed E-state index contributed by atoms with van der Waals surface area (Å²) in [6, 6.07) is 14.2. The summed E-state index contributed by atoms with van der Waals surface area (Å²) in [5.74, 6) is 1.49. The van der Waals surface area contributed by atoms with Gasteiger partial charge in [-0.1, -0.05) is 51.1 Å². The average molecular weight is 392 g/mol. The van der Waals surface area contributed by atoms with Gasteiger partial charge in [-0.15, -0.1) is 0 Å². The highest BCUT2D eigenvalue weighted by Gasteiger charge is 2.59. The maximum atomic E-state index is 12.4. The molecule has 2 heterocycles. The predicted molar refractivity (Wildman–Crippen MR) is 116 cm³/mol. The Morgan fingerprint density at radius 3 is 2.72 bits per heavy atom. The lowest BCUT2D eigenvalue weighted by molar-refractivity contribution is -0.118. The second kappa shape index (κ2) is 7.14. The Balaban J connectivity index is 1.71. The van der Waals surface area contributed by atoms with E-state index in [4.69, 9.17) is 9.47 Å². The largest absolute Gasteiger partial charge is 0.493 e. The number of para-hydroxylation sites is 1. The van der Waals surface area contributed by atoms with Crippen LogP contribution in [0.15, 0.2) is 48.5 Å². The van der Waals surface area contributed by atoms with E-state index in [0.717, 1.165) is 23.4 Å². The van der Waals surface area contributed by atoms with Crippen molar-refractivity contribution in [2.24, 2.45) is 0 Å². The van der Waals surface area contributed by atoms with Crippen LogP contribution in [0, 0.1) is 0 Å². The minimum Gasteiger partial charge on any atom is -0.493 e. The summed E-state index contributed by atoms with van der Waals surface area (Å²) in [4.78, 5) is 14.6. The second-order valence-corrected chi connectivity index (χ2v) is 8.13. The number of fused-ring (bicyclic) bond motifs is 3. The number of amides is 1. The number of nitrogens with zero attached hydrogens (tertiary/aromatic N) is 1. The van der Waals surface area contributed by atoms with Gasteiger partial charge in [0.15, 0.2) is 11.5 Å². The van der Waals surface area contributed by atoms with E-state index < -0.39 is 5.66 Å². The van der Waals surface area contributed by atoms with Gasteiger partial charge < -0.3 is 19.7 Å². The van der Waals surface area contributed by atoms with E-state index in [2.05, 4.69) is 61.3 Å². The number of anilines is 1. The zero-order chi connectivity index (χ0) is 20.6. The Morgan fingerprint density at radius 1 is 1.17 bits per heavy atom. The second-order valence-electron chi connectivity index (χ2n) is 8.13. The molecule has 1 N–H and O–H groups in total. The number of rotatable bonds is 6. The third-order valence-electron chi connectivity index (χ3n) is 6.04. The van der Waals surface area contributed by atoms with E-state index in [0.29, 0.717) is 18.9 Å². The van der Waals surface area contributed by atoms with Gasteiger partial charge in [-0.25, -0.2) is 0 Å². The van der Waals surface area contributed by atoms with E-state index in [1.165, 1.54) is 5.56 Å². The van der Waals surface area contributed by atoms with Crippen molar-refractivity contribution in [2.45, 2.75) is 38.3 Å². The molecule has 5 heteroatoms. The van der Waals surface area contributed by atoms with Gasteiger partial charge in [0.1, 0.15) is 5.66 Å². The van der Waals surface area contributed by atoms with E-state index in [-0.39, 0.29) is 11.3 Å². The van der Waals surface area contributed by atoms with Crippen LogP contribution in [-0.2, 0) is 10.2 Å². The lowest BCUT2D eigenvalue weighted by Gasteiger charge is -2.40. The summed E-state index contributed by atoms with van der Waals surface area (Å²) in [5.41, 5.74) is 2.47. The third kappa shape index (κ3) is 2.96. The molecule has 2 aromatic rings. The van der Waals surface area contributed by atoms with Crippen LogP contribution in [0.1, 0.15) is 38.3 Å². The summed E-state index contributed by atoms with van der Waals surface area (Å²) in [6.07, 6.45) is 5.11. The molecule has 2 aromatic carbocycles. The van der Waals surface area contributed by atoms with E-state index in [9.17, 15) is 4.79 Å². The minimum absolute atomic E-state index is 0.0399. The highest BCUT2D eigenvalue weighted by molar-refractivity contribution is 5.91. The smallest absolute Gasteiger partial charge is 0.241 e. The molecule has 0 unspecified atom stereocenters. The Bertz CT molecular complexity index is 966. The molecule has 29 heavy (non-hydrogen) atoms. The van der Waals surface area contributed by atoms with Crippen LogP contribution in [0.3, 0.4) is 0 Å². The zero-order valence-electron chi connectivity index (χ0n) is 17.5. The molecule has 2 aliphatic rings. The summed E-state index contributed by atoms with van der Waals surface area (Å²) >= 11 is 0. The van der Waals surface area contributed by atoms with Gasteiger partial charge in [0.2, 0.25) is 5.91 Å². The van der Waals surface area contributed by atoms with Gasteiger partial charge in [-0.2, -0.15) is 0 Å². The van der Waals surface area contributed by atoms with Crippen molar-refractivity contribution in [3.8, 4) is 11.5 Å². The summed E-state index contributed by atoms with van der Waals surface area (Å²) in [7, 11) is 1.65. The van der Waals surface area contributed by atoms with Crippen molar-refractivity contribution in [3.05, 3.63) is 59.7 Å². The fourth-order valence-corrected chi connectivity index (χ4v) is 4.48. The summed E-state index contributed by atoms with van der Waals surface area (Å²) < 4.78 is 11.3. The Hall–Kier alpha value is -2.95. The Labute approximate surface area is 172 Å². The molecule has 0 spiro atoms. The molecule has 0 saturated carbocycles. The Morgan fingerprint density at radius 2 is 1.97 bits per heavy atom. The average Bonchev–Trinajstić information content (AvgIpc) is 3.16. The number of hydrogen-bond acceptors (Lipinski definition) is 4. The van der Waals surface area contributed by atoms with E-state index in [1.807, 2.05) is 24.3 Å². The van der Waals surface area contributed by atoms with Crippen LogP contribution < -0.4 is 19.7 Å². The van der Waals surface area contributed by atoms with Crippen molar-refractivity contribution in [1.29, 1.82) is 0 Å². The van der Waals surface area contributed by atoms with Gasteiger partial charge in [0.05, 0.1) is 20.3 Å². The molecule has 0 bridgehead atoms. The first-order chi connectivity index (χ1) is 13.9. The predicted octanol–water partition coefficient (Wildman–Crippen LogP) is 4.12. The lowest BCUT2D eigenvalue weighted by Crippen LogP contribution is -2.58. The van der Waals surface area contributed by atoms with E-state index >= 15 is 0 Å². The standard InChI is InChI=1S/C24H28N2O3/c1-5-14-29-20-11-10-17(15-21(20)28-4)12-13-24-23(2,3)18-8-6-7-9-19(18)26(24)16-22(27)25-24/h6-13,15H,5,14,16H2,1-4H3,(H,25,27)/b13-12+/t24-/m1/s1. The van der Waals surface area contributed by atoms with Crippen molar-refractivity contribution in [2.75, 3.05) is 25.2 Å². The molecule has 5 nitrogen and oxygen atoms in total. The minimum atomic E-state index is -0.599. The van der Waals surface area contributed by atoms with E-state index in [1.54, 1.807) is 7.11 Å². The molecule has 0 aromatic heterocycles. The SMILES string of the molecule is CCCOc1ccc(/C=C/[C@@]23NC(=O)CN2c2ccccc2C3(C)C)cc1OC. The molecule has 1 fully saturated rings. The molecule has 152 valence electrons. The monoisotopic (exact) mass is 392 g/mol. The van der Waals surface area contributed by atoms with Crippen LogP contribution >= 0.6 is 0 Å². The first-order valence-electron chi connectivity index (χ1n) is 10.1. The fourth-order valence-electron chi connectivity index (χ4n) is 4.48. The molecule has 4 rings (SSSR count). The van der Waals surface area contributed by atoms with Crippen molar-refractivity contribution in [1.82, 2.24) is 5.32 Å². The molecule has 0 radical (unpaired) electrons. The number of nitrogens with one attached hydrogen (secondary N) is 1. The van der Waals surface area contributed by atoms with Crippen LogP contribution in [0.4, 0.5) is 5.69 Å². The number of methoxy groups -OCH3 is 1. The number of benzene rings is 2. The molecule has 2 aliphatic heterocycles. The molecule has 1 atom stereocenters. The van der Waals surface area contributed by atoms with Gasteiger partial charge in [0.25, 0.3) is 0 Å². The maximum Gasteiger partial charge on any atom is 0.241 e. The summed E-state index contributed by atoms with van der Waals surface area (Å²) in [6.45, 7) is 7.46. The van der Waals surface area contributed by atoms with Crippen LogP contribution in [-0.4, -0.2) is 31.8 Å². The molecule has 1 amide bonds. The number of carbonyl (C=O) groups is 1. The van der Waals surface area contributed by atoms with Crippen LogP contribution in [0.25, 0.3) is 6.08 Å². The highest BCUT2D eigenvalue weighted by atomic mass is 16.5. The third-order valence-corrected chi connectivity index (χ3v) is 6.04. The van der Waals surface area contributed by atoms with Gasteiger partial charge in [-0.3, -0.25) is 4.79 Å². The quantitative estimate of drug-likeness (QED) is 0.803. The van der Waals surface area contributed by atoms with Crippen molar-refractivity contribution < 1.29 is 14.3 Å². The fraction of sp³-hybridized carbons (Fsp3) is 0.375. The van der Waals surface area contributed by atoms with Gasteiger partial charge >= 0.3 is 0 Å². The van der Waals surface area contributed by atoms with Crippen molar-refractivity contribution in [3.63, 3.8) is 0 Å². The van der Waals surface area contributed by atoms with Crippen molar-refractivity contribution >= 4 is 17.7 Å². The van der Waals surface area contributed by atoms with Crippen LogP contribution in [0.2, 0.25) is 0 Å². The normalized spacial score (nSPS) is 21.8. The number of hydrogen-bond donors (Lipinski definition) is 1.